The van der Waals surface area contributed by atoms with E-state index in [-0.39, 0.29) is 39.6 Å². The number of ketones is 1. The molecule has 0 aliphatic heterocycles. The molecule has 0 spiro atoms. The van der Waals surface area contributed by atoms with Crippen molar-refractivity contribution in [3.8, 4) is 11.5 Å². The van der Waals surface area contributed by atoms with E-state index in [1.165, 1.54) is 34.4 Å². The highest BCUT2D eigenvalue weighted by Crippen LogP contribution is 2.39. The summed E-state index contributed by atoms with van der Waals surface area (Å²) in [4.78, 5) is 27.9. The predicted molar refractivity (Wildman–Crippen MR) is 166 cm³/mol. The third-order valence-corrected chi connectivity index (χ3v) is 7.19. The van der Waals surface area contributed by atoms with Crippen molar-refractivity contribution in [2.75, 3.05) is 12.3 Å². The quantitative estimate of drug-likeness (QED) is 0.116. The first-order chi connectivity index (χ1) is 20.0. The smallest absolute Gasteiger partial charge is 0.293 e. The van der Waals surface area contributed by atoms with Gasteiger partial charge in [-0.2, -0.15) is 0 Å². The van der Waals surface area contributed by atoms with Gasteiger partial charge in [0.2, 0.25) is 0 Å². The number of hydrogen-bond donors (Lipinski definition) is 2. The average molecular weight is 594 g/mol. The SMILES string of the molecule is CCO/N=C(\CC)C1=C(O)CC(c2c(C)cc(C)cc2C)CC1=O.Nc1c([N+](=O)[O-])ccc(Oc2ccccc2)c1Cl. The van der Waals surface area contributed by atoms with E-state index >= 15 is 0 Å². The molecule has 4 rings (SSSR count). The van der Waals surface area contributed by atoms with Gasteiger partial charge in [-0.25, -0.2) is 0 Å². The molecule has 10 heteroatoms. The number of Topliss-reactive ketones (excluding diaryl/α,β-unsaturated/α-hetero) is 1. The number of nitro groups is 1. The van der Waals surface area contributed by atoms with Crippen LogP contribution < -0.4 is 10.5 Å². The van der Waals surface area contributed by atoms with E-state index in [1.807, 2.05) is 19.9 Å². The van der Waals surface area contributed by atoms with Gasteiger partial charge >= 0.3 is 0 Å². The number of oxime groups is 1. The molecule has 0 amide bonds. The van der Waals surface area contributed by atoms with Gasteiger partial charge in [0.25, 0.3) is 5.69 Å². The van der Waals surface area contributed by atoms with Crippen molar-refractivity contribution in [1.82, 2.24) is 0 Å². The number of nitro benzene ring substituents is 1. The molecule has 3 aromatic rings. The summed E-state index contributed by atoms with van der Waals surface area (Å²) >= 11 is 5.94. The Bertz CT molecular complexity index is 1500. The summed E-state index contributed by atoms with van der Waals surface area (Å²) in [6.07, 6.45) is 1.42. The number of para-hydroxylation sites is 1. The minimum atomic E-state index is -0.590. The number of aliphatic hydroxyl groups excluding tert-OH is 1. The van der Waals surface area contributed by atoms with Crippen molar-refractivity contribution in [3.63, 3.8) is 0 Å². The van der Waals surface area contributed by atoms with E-state index in [1.54, 1.807) is 24.3 Å². The molecule has 1 unspecified atom stereocenters. The third kappa shape index (κ3) is 7.67. The standard InChI is InChI=1S/C20H27NO3.C12H9ClN2O3/c1-6-16(21-24-7-2)20-17(22)10-15(11-18(20)23)19-13(4)8-12(3)9-14(19)5;13-11-10(18-8-4-2-1-3-5-8)7-6-9(12(11)14)15(16)17/h8-9,15,22H,6-7,10-11H2,1-5H3;1-7H,14H2/b21-16+;. The number of nitrogens with two attached hydrogens (primary N) is 1. The highest BCUT2D eigenvalue weighted by Gasteiger charge is 2.32. The van der Waals surface area contributed by atoms with Gasteiger partial charge in [0.1, 0.15) is 34.6 Å². The molecule has 0 aromatic heterocycles. The van der Waals surface area contributed by atoms with Crippen molar-refractivity contribution >= 4 is 34.5 Å². The lowest BCUT2D eigenvalue weighted by Crippen LogP contribution is -2.24. The Balaban J connectivity index is 0.000000240. The van der Waals surface area contributed by atoms with Crippen LogP contribution in [-0.4, -0.2) is 28.1 Å². The maximum atomic E-state index is 12.7. The number of benzene rings is 3. The fourth-order valence-corrected chi connectivity index (χ4v) is 5.31. The second-order valence-corrected chi connectivity index (χ2v) is 10.3. The maximum absolute atomic E-state index is 12.7. The van der Waals surface area contributed by atoms with Gasteiger partial charge in [-0.3, -0.25) is 14.9 Å². The van der Waals surface area contributed by atoms with Crippen LogP contribution in [0.1, 0.15) is 61.3 Å². The zero-order chi connectivity index (χ0) is 31.0. The Hall–Kier alpha value is -4.37. The number of nitrogens with zero attached hydrogens (tertiary/aromatic N) is 2. The molecule has 9 nitrogen and oxygen atoms in total. The first-order valence-electron chi connectivity index (χ1n) is 13.7. The topological polar surface area (TPSA) is 137 Å². The van der Waals surface area contributed by atoms with Gasteiger partial charge in [-0.15, -0.1) is 0 Å². The van der Waals surface area contributed by atoms with Crippen LogP contribution in [0.4, 0.5) is 11.4 Å². The average Bonchev–Trinajstić information content (AvgIpc) is 2.93. The number of rotatable bonds is 8. The van der Waals surface area contributed by atoms with Crippen molar-refractivity contribution < 1.29 is 24.4 Å². The molecule has 0 fully saturated rings. The number of aryl methyl sites for hydroxylation is 3. The second kappa shape index (κ2) is 14.5. The summed E-state index contributed by atoms with van der Waals surface area (Å²) < 4.78 is 5.49. The van der Waals surface area contributed by atoms with Gasteiger partial charge < -0.3 is 20.4 Å². The molecule has 1 aliphatic carbocycles. The van der Waals surface area contributed by atoms with E-state index < -0.39 is 4.92 Å². The van der Waals surface area contributed by atoms with E-state index in [4.69, 9.17) is 26.9 Å². The Kier molecular flexibility index (Phi) is 11.1. The number of ether oxygens (including phenoxy) is 1. The van der Waals surface area contributed by atoms with Crippen LogP contribution >= 0.6 is 11.6 Å². The lowest BCUT2D eigenvalue weighted by Gasteiger charge is -2.27. The Morgan fingerprint density at radius 2 is 1.74 bits per heavy atom. The van der Waals surface area contributed by atoms with Crippen LogP contribution in [0.15, 0.2) is 71.1 Å². The monoisotopic (exact) mass is 593 g/mol. The molecule has 3 aromatic carbocycles. The zero-order valence-corrected chi connectivity index (χ0v) is 25.2. The number of allylic oxidation sites excluding steroid dienone is 2. The lowest BCUT2D eigenvalue weighted by molar-refractivity contribution is -0.383. The molecule has 0 saturated carbocycles. The van der Waals surface area contributed by atoms with Crippen LogP contribution in [0.3, 0.4) is 0 Å². The van der Waals surface area contributed by atoms with Crippen molar-refractivity contribution in [3.05, 3.63) is 103 Å². The molecule has 0 radical (unpaired) electrons. The van der Waals surface area contributed by atoms with Crippen molar-refractivity contribution in [2.45, 2.75) is 59.8 Å². The lowest BCUT2D eigenvalue weighted by atomic mass is 9.78. The number of carbonyl (C=O) groups is 1. The molecule has 1 aliphatic rings. The fourth-order valence-electron chi connectivity index (χ4n) is 5.11. The summed E-state index contributed by atoms with van der Waals surface area (Å²) in [6, 6.07) is 15.9. The molecule has 42 heavy (non-hydrogen) atoms. The summed E-state index contributed by atoms with van der Waals surface area (Å²) in [5.74, 6) is 0.963. The van der Waals surface area contributed by atoms with Gasteiger partial charge in [-0.1, -0.05) is 59.6 Å². The van der Waals surface area contributed by atoms with Crippen LogP contribution in [0.2, 0.25) is 5.02 Å². The second-order valence-electron chi connectivity index (χ2n) is 9.95. The molecular formula is C32H36ClN3O6. The highest BCUT2D eigenvalue weighted by molar-refractivity contribution is 6.35. The van der Waals surface area contributed by atoms with Crippen LogP contribution in [0.25, 0.3) is 0 Å². The molecule has 0 bridgehead atoms. The Morgan fingerprint density at radius 1 is 1.10 bits per heavy atom. The molecule has 0 heterocycles. The Labute approximate surface area is 250 Å². The normalized spacial score (nSPS) is 15.1. The molecule has 0 saturated heterocycles. The first-order valence-corrected chi connectivity index (χ1v) is 14.0. The van der Waals surface area contributed by atoms with E-state index in [0.29, 0.717) is 42.9 Å². The van der Waals surface area contributed by atoms with E-state index in [2.05, 4.69) is 38.1 Å². The van der Waals surface area contributed by atoms with Gasteiger partial charge in [0.05, 0.1) is 16.2 Å². The summed E-state index contributed by atoms with van der Waals surface area (Å²) in [5.41, 5.74) is 10.9. The number of anilines is 1. The van der Waals surface area contributed by atoms with Crippen LogP contribution in [0.5, 0.6) is 11.5 Å². The number of halogens is 1. The van der Waals surface area contributed by atoms with E-state index in [9.17, 15) is 20.0 Å². The van der Waals surface area contributed by atoms with Gasteiger partial charge in [0.15, 0.2) is 5.78 Å². The van der Waals surface area contributed by atoms with E-state index in [0.717, 1.165) is 0 Å². The van der Waals surface area contributed by atoms with Crippen molar-refractivity contribution in [2.24, 2.45) is 5.16 Å². The number of aliphatic hydroxyl groups is 1. The summed E-state index contributed by atoms with van der Waals surface area (Å²) in [6.45, 7) is 10.4. The highest BCUT2D eigenvalue weighted by atomic mass is 35.5. The largest absolute Gasteiger partial charge is 0.511 e. The third-order valence-electron chi connectivity index (χ3n) is 6.80. The number of nitrogen functional groups attached to an aromatic ring is 1. The minimum Gasteiger partial charge on any atom is -0.511 e. The maximum Gasteiger partial charge on any atom is 0.293 e. The van der Waals surface area contributed by atoms with Gasteiger partial charge in [0, 0.05) is 18.9 Å². The number of carbonyl (C=O) groups excluding carboxylic acids is 1. The predicted octanol–water partition coefficient (Wildman–Crippen LogP) is 8.30. The van der Waals surface area contributed by atoms with Crippen LogP contribution in [0, 0.1) is 30.9 Å². The summed E-state index contributed by atoms with van der Waals surface area (Å²) in [7, 11) is 0. The first kappa shape index (κ1) is 32.1. The molecule has 1 atom stereocenters. The fraction of sp³-hybridized carbons (Fsp3) is 0.312. The minimum absolute atomic E-state index is 0.0204. The van der Waals surface area contributed by atoms with Gasteiger partial charge in [-0.05, 0) is 74.9 Å². The number of hydrogen-bond acceptors (Lipinski definition) is 8. The van der Waals surface area contributed by atoms with Crippen molar-refractivity contribution in [1.29, 1.82) is 0 Å². The Morgan fingerprint density at radius 3 is 2.29 bits per heavy atom. The summed E-state index contributed by atoms with van der Waals surface area (Å²) in [5, 5.41) is 25.2. The zero-order valence-electron chi connectivity index (χ0n) is 24.4. The molecule has 222 valence electrons. The molecular weight excluding hydrogens is 558 g/mol. The molecule has 3 N–H and O–H groups in total. The van der Waals surface area contributed by atoms with Crippen LogP contribution in [-0.2, 0) is 9.63 Å².